The predicted octanol–water partition coefficient (Wildman–Crippen LogP) is 3.20. The molecular weight excluding hydrogens is 494 g/mol. The molecule has 0 radical (unpaired) electrons. The summed E-state index contributed by atoms with van der Waals surface area (Å²) in [5.41, 5.74) is 5.18. The van der Waals surface area contributed by atoms with Crippen molar-refractivity contribution in [1.82, 2.24) is 9.62 Å². The largest absolute Gasteiger partial charge is 0.497 e. The van der Waals surface area contributed by atoms with Gasteiger partial charge in [0.1, 0.15) is 5.75 Å². The first-order chi connectivity index (χ1) is 17.5. The number of aliphatic hydroxyl groups is 1. The van der Waals surface area contributed by atoms with E-state index >= 15 is 0 Å². The third-order valence-corrected chi connectivity index (χ3v) is 8.87. The second kappa shape index (κ2) is 15.3. The van der Waals surface area contributed by atoms with E-state index in [0.29, 0.717) is 30.9 Å². The number of nitrogens with two attached hydrogens (primary N) is 1. The van der Waals surface area contributed by atoms with E-state index < -0.39 is 28.1 Å². The Morgan fingerprint density at radius 1 is 1.14 bits per heavy atom. The molecule has 210 valence electrons. The molecule has 4 N–H and O–H groups in total. The fourth-order valence-electron chi connectivity index (χ4n) is 4.74. The number of hydrogen-bond donors (Lipinski definition) is 3. The molecule has 0 aromatic heterocycles. The summed E-state index contributed by atoms with van der Waals surface area (Å²) in [6, 6.07) is 5.62. The Kier molecular flexibility index (Phi) is 12.8. The van der Waals surface area contributed by atoms with Gasteiger partial charge in [0, 0.05) is 25.9 Å². The summed E-state index contributed by atoms with van der Waals surface area (Å²) < 4.78 is 33.6. The maximum atomic E-state index is 13.6. The van der Waals surface area contributed by atoms with Crippen LogP contribution in [-0.4, -0.2) is 62.0 Å². The van der Waals surface area contributed by atoms with Crippen LogP contribution in [0.15, 0.2) is 29.2 Å². The van der Waals surface area contributed by atoms with Crippen molar-refractivity contribution in [3.63, 3.8) is 0 Å². The molecule has 9 nitrogen and oxygen atoms in total. The van der Waals surface area contributed by atoms with E-state index in [2.05, 4.69) is 5.32 Å². The van der Waals surface area contributed by atoms with Crippen LogP contribution in [-0.2, 0) is 19.6 Å². The molecule has 1 aliphatic carbocycles. The number of nitrogens with zero attached hydrogens (tertiary/aromatic N) is 1. The predicted molar refractivity (Wildman–Crippen MR) is 143 cm³/mol. The Morgan fingerprint density at radius 3 is 2.35 bits per heavy atom. The van der Waals surface area contributed by atoms with Crippen molar-refractivity contribution in [2.45, 2.75) is 95.1 Å². The highest BCUT2D eigenvalue weighted by Gasteiger charge is 2.32. The number of sulfonamides is 1. The van der Waals surface area contributed by atoms with Crippen LogP contribution in [0, 0.1) is 11.8 Å². The van der Waals surface area contributed by atoms with Crippen LogP contribution in [0.5, 0.6) is 5.75 Å². The van der Waals surface area contributed by atoms with Gasteiger partial charge in [-0.15, -0.1) is 0 Å². The van der Waals surface area contributed by atoms with Gasteiger partial charge in [0.05, 0.1) is 24.2 Å². The number of rotatable bonds is 16. The Morgan fingerprint density at radius 2 is 1.78 bits per heavy atom. The van der Waals surface area contributed by atoms with Crippen LogP contribution in [0.4, 0.5) is 0 Å². The summed E-state index contributed by atoms with van der Waals surface area (Å²) in [7, 11) is -2.36. The average Bonchev–Trinajstić information content (AvgIpc) is 2.86. The molecule has 1 fully saturated rings. The maximum absolute atomic E-state index is 13.6. The molecule has 2 amide bonds. The second-order valence-electron chi connectivity index (χ2n) is 10.5. The van der Waals surface area contributed by atoms with Crippen LogP contribution >= 0.6 is 0 Å². The third kappa shape index (κ3) is 10.6. The highest BCUT2D eigenvalue weighted by atomic mass is 32.2. The Balaban J connectivity index is 2.21. The molecule has 0 saturated heterocycles. The molecule has 1 aliphatic rings. The number of primary amides is 1. The van der Waals surface area contributed by atoms with Crippen LogP contribution in [0.25, 0.3) is 0 Å². The average molecular weight is 540 g/mol. The molecule has 37 heavy (non-hydrogen) atoms. The number of hydrogen-bond acceptors (Lipinski definition) is 6. The van der Waals surface area contributed by atoms with Gasteiger partial charge in [-0.05, 0) is 55.4 Å². The number of aliphatic hydroxyl groups excluding tert-OH is 1. The van der Waals surface area contributed by atoms with Crippen LogP contribution in [0.3, 0.4) is 0 Å². The fourth-order valence-corrected chi connectivity index (χ4v) is 6.21. The van der Waals surface area contributed by atoms with Gasteiger partial charge in [0.15, 0.2) is 0 Å². The van der Waals surface area contributed by atoms with Gasteiger partial charge in [-0.2, -0.15) is 4.31 Å². The standard InChI is InChI=1S/C27H45N3O6S/c1-20(2)16-17-30(37(34,35)23-14-12-22(36-3)13-15-23)19-25(31)24(18-21-8-5-4-6-9-21)29-27(33)11-7-10-26(28)32/h12-15,20-21,24-25,31H,4-11,16-19H2,1-3H3,(H2,28,32)(H,29,33)/t24-,25?/m0/s1. The third-order valence-electron chi connectivity index (χ3n) is 6.99. The molecule has 1 saturated carbocycles. The molecule has 1 aromatic rings. The summed E-state index contributed by atoms with van der Waals surface area (Å²) in [5.74, 6) is 0.457. The van der Waals surface area contributed by atoms with E-state index in [1.54, 1.807) is 12.1 Å². The van der Waals surface area contributed by atoms with Gasteiger partial charge in [-0.3, -0.25) is 9.59 Å². The smallest absolute Gasteiger partial charge is 0.243 e. The molecule has 0 bridgehead atoms. The number of amides is 2. The van der Waals surface area contributed by atoms with Crippen molar-refractivity contribution in [2.24, 2.45) is 17.6 Å². The minimum Gasteiger partial charge on any atom is -0.497 e. The number of methoxy groups -OCH3 is 1. The van der Waals surface area contributed by atoms with E-state index in [4.69, 9.17) is 10.5 Å². The second-order valence-corrected chi connectivity index (χ2v) is 12.5. The first-order valence-corrected chi connectivity index (χ1v) is 14.9. The van der Waals surface area contributed by atoms with E-state index in [-0.39, 0.29) is 42.7 Å². The van der Waals surface area contributed by atoms with Gasteiger partial charge in [0.25, 0.3) is 0 Å². The quantitative estimate of drug-likeness (QED) is 0.295. The van der Waals surface area contributed by atoms with Crippen LogP contribution in [0.1, 0.15) is 78.1 Å². The Bertz CT molecular complexity index is 945. The van der Waals surface area contributed by atoms with Crippen molar-refractivity contribution >= 4 is 21.8 Å². The lowest BCUT2D eigenvalue weighted by Crippen LogP contribution is -2.50. The van der Waals surface area contributed by atoms with Gasteiger partial charge >= 0.3 is 0 Å². The highest BCUT2D eigenvalue weighted by molar-refractivity contribution is 7.89. The lowest BCUT2D eigenvalue weighted by atomic mass is 9.83. The molecule has 0 heterocycles. The molecule has 0 spiro atoms. The number of ether oxygens (including phenoxy) is 1. The minimum absolute atomic E-state index is 0.117. The first-order valence-electron chi connectivity index (χ1n) is 13.4. The summed E-state index contributed by atoms with van der Waals surface area (Å²) in [5, 5.41) is 14.3. The van der Waals surface area contributed by atoms with Crippen molar-refractivity contribution in [1.29, 1.82) is 0 Å². The van der Waals surface area contributed by atoms with Gasteiger partial charge in [-0.1, -0.05) is 46.0 Å². The van der Waals surface area contributed by atoms with Crippen molar-refractivity contribution in [2.75, 3.05) is 20.2 Å². The zero-order valence-corrected chi connectivity index (χ0v) is 23.3. The Hall–Kier alpha value is -2.17. The van der Waals surface area contributed by atoms with Crippen LogP contribution < -0.4 is 15.8 Å². The van der Waals surface area contributed by atoms with Crippen molar-refractivity contribution < 1.29 is 27.9 Å². The van der Waals surface area contributed by atoms with E-state index in [0.717, 1.165) is 25.7 Å². The summed E-state index contributed by atoms with van der Waals surface area (Å²) in [4.78, 5) is 23.8. The first kappa shape index (κ1) is 31.1. The molecule has 2 rings (SSSR count). The Labute approximate surface area is 222 Å². The topological polar surface area (TPSA) is 139 Å². The zero-order valence-electron chi connectivity index (χ0n) is 22.5. The van der Waals surface area contributed by atoms with E-state index in [1.165, 1.54) is 30.0 Å². The molecular formula is C27H45N3O6S. The summed E-state index contributed by atoms with van der Waals surface area (Å²) >= 11 is 0. The normalized spacial score (nSPS) is 16.5. The summed E-state index contributed by atoms with van der Waals surface area (Å²) in [6.45, 7) is 4.17. The van der Waals surface area contributed by atoms with Gasteiger partial charge in [0.2, 0.25) is 21.8 Å². The fraction of sp³-hybridized carbons (Fsp3) is 0.704. The van der Waals surface area contributed by atoms with Crippen molar-refractivity contribution in [3.8, 4) is 5.75 Å². The summed E-state index contributed by atoms with van der Waals surface area (Å²) in [6.07, 6.45) is 6.19. The molecule has 1 aromatic carbocycles. The highest BCUT2D eigenvalue weighted by Crippen LogP contribution is 2.29. The van der Waals surface area contributed by atoms with Crippen LogP contribution in [0.2, 0.25) is 0 Å². The van der Waals surface area contributed by atoms with E-state index in [9.17, 15) is 23.1 Å². The monoisotopic (exact) mass is 539 g/mol. The van der Waals surface area contributed by atoms with Gasteiger partial charge < -0.3 is 20.9 Å². The molecule has 2 atom stereocenters. The molecule has 0 aliphatic heterocycles. The van der Waals surface area contributed by atoms with E-state index in [1.807, 2.05) is 13.8 Å². The van der Waals surface area contributed by atoms with Crippen molar-refractivity contribution in [3.05, 3.63) is 24.3 Å². The lowest BCUT2D eigenvalue weighted by molar-refractivity contribution is -0.123. The van der Waals surface area contributed by atoms with Gasteiger partial charge in [-0.25, -0.2) is 8.42 Å². The number of nitrogens with one attached hydrogen (secondary N) is 1. The molecule has 1 unspecified atom stereocenters. The molecule has 10 heteroatoms. The number of benzene rings is 1. The lowest BCUT2D eigenvalue weighted by Gasteiger charge is -2.33. The number of carbonyl (C=O) groups is 2. The SMILES string of the molecule is COc1ccc(S(=O)(=O)N(CCC(C)C)CC(O)[C@H](CC2CCCCC2)NC(=O)CCCC(N)=O)cc1. The zero-order chi connectivity index (χ0) is 27.4. The maximum Gasteiger partial charge on any atom is 0.243 e. The number of carbonyl (C=O) groups excluding carboxylic acids is 2. The minimum atomic E-state index is -3.88.